The molecule has 0 bridgehead atoms. The lowest BCUT2D eigenvalue weighted by Crippen LogP contribution is -2.35. The second-order valence-electron chi connectivity index (χ2n) is 5.08. The van der Waals surface area contributed by atoms with Crippen molar-refractivity contribution in [1.29, 1.82) is 0 Å². The molecule has 0 aromatic rings. The van der Waals surface area contributed by atoms with E-state index >= 15 is 0 Å². The molecule has 0 heterocycles. The summed E-state index contributed by atoms with van der Waals surface area (Å²) in [6.45, 7) is 2.14. The van der Waals surface area contributed by atoms with Gasteiger partial charge in [0.25, 0.3) is 0 Å². The molecule has 0 spiro atoms. The molecule has 1 saturated carbocycles. The van der Waals surface area contributed by atoms with Crippen molar-refractivity contribution in [3.8, 4) is 0 Å². The largest absolute Gasteiger partial charge is 0.237 e. The molecule has 0 radical (unpaired) electrons. The van der Waals surface area contributed by atoms with E-state index in [-0.39, 0.29) is 5.92 Å². The summed E-state index contributed by atoms with van der Waals surface area (Å²) in [6, 6.07) is 0. The molecule has 1 aliphatic carbocycles. The van der Waals surface area contributed by atoms with E-state index < -0.39 is 5.66 Å². The van der Waals surface area contributed by atoms with E-state index in [0.29, 0.717) is 6.42 Å². The smallest absolute Gasteiger partial charge is 0.211 e. The minimum absolute atomic E-state index is 0.181. The standard InChI is InChI=1S/C14H22N2O2/c1-2-3-8-13-9-6-4-5-7-10-14(13,15-11-17)16-12-18/h13H,2-10H2,1H3. The molecule has 0 amide bonds. The zero-order valence-electron chi connectivity index (χ0n) is 11.2. The maximum atomic E-state index is 10.7. The van der Waals surface area contributed by atoms with E-state index in [0.717, 1.165) is 44.9 Å². The Labute approximate surface area is 109 Å². The number of hydrogen-bond acceptors (Lipinski definition) is 4. The highest BCUT2D eigenvalue weighted by Crippen LogP contribution is 2.38. The Morgan fingerprint density at radius 1 is 1.11 bits per heavy atom. The van der Waals surface area contributed by atoms with Crippen molar-refractivity contribution in [2.75, 3.05) is 0 Å². The molecule has 0 N–H and O–H groups in total. The van der Waals surface area contributed by atoms with E-state index in [1.54, 1.807) is 12.2 Å². The summed E-state index contributed by atoms with van der Waals surface area (Å²) in [4.78, 5) is 29.2. The van der Waals surface area contributed by atoms with Gasteiger partial charge < -0.3 is 0 Å². The Morgan fingerprint density at radius 3 is 2.39 bits per heavy atom. The highest BCUT2D eigenvalue weighted by molar-refractivity contribution is 5.39. The monoisotopic (exact) mass is 250 g/mol. The van der Waals surface area contributed by atoms with Crippen molar-refractivity contribution in [3.63, 3.8) is 0 Å². The number of carbonyl (C=O) groups excluding carboxylic acids is 2. The predicted molar refractivity (Wildman–Crippen MR) is 69.7 cm³/mol. The number of hydrogen-bond donors (Lipinski definition) is 0. The van der Waals surface area contributed by atoms with Gasteiger partial charge in [-0.3, -0.25) is 0 Å². The highest BCUT2D eigenvalue weighted by Gasteiger charge is 2.38. The number of isocyanates is 2. The van der Waals surface area contributed by atoms with Crippen molar-refractivity contribution in [1.82, 2.24) is 0 Å². The predicted octanol–water partition coefficient (Wildman–Crippen LogP) is 3.51. The molecule has 0 aromatic heterocycles. The lowest BCUT2D eigenvalue weighted by atomic mass is 9.79. The van der Waals surface area contributed by atoms with Crippen LogP contribution in [0.3, 0.4) is 0 Å². The summed E-state index contributed by atoms with van der Waals surface area (Å²) in [5.74, 6) is 0.181. The Kier molecular flexibility index (Phi) is 6.56. The van der Waals surface area contributed by atoms with Crippen molar-refractivity contribution in [2.24, 2.45) is 15.9 Å². The fraction of sp³-hybridized carbons (Fsp3) is 0.857. The van der Waals surface area contributed by atoms with Crippen molar-refractivity contribution in [2.45, 2.75) is 70.4 Å². The van der Waals surface area contributed by atoms with Crippen LogP contribution in [0.5, 0.6) is 0 Å². The fourth-order valence-corrected chi connectivity index (χ4v) is 2.87. The molecule has 1 atom stereocenters. The summed E-state index contributed by atoms with van der Waals surface area (Å²) in [5.41, 5.74) is -0.876. The van der Waals surface area contributed by atoms with E-state index in [9.17, 15) is 9.59 Å². The van der Waals surface area contributed by atoms with E-state index in [4.69, 9.17) is 0 Å². The second-order valence-corrected chi connectivity index (χ2v) is 5.08. The van der Waals surface area contributed by atoms with Crippen LogP contribution >= 0.6 is 0 Å². The van der Waals surface area contributed by atoms with E-state index in [2.05, 4.69) is 16.9 Å². The first-order valence-electron chi connectivity index (χ1n) is 6.97. The van der Waals surface area contributed by atoms with Crippen LogP contribution in [-0.2, 0) is 9.59 Å². The number of aliphatic imine (C=N–C) groups is 2. The van der Waals surface area contributed by atoms with Crippen LogP contribution in [0.2, 0.25) is 0 Å². The van der Waals surface area contributed by atoms with Crippen LogP contribution in [-0.4, -0.2) is 17.8 Å². The summed E-state index contributed by atoms with van der Waals surface area (Å²) < 4.78 is 0. The fourth-order valence-electron chi connectivity index (χ4n) is 2.87. The number of nitrogens with zero attached hydrogens (tertiary/aromatic N) is 2. The Bertz CT molecular complexity index is 322. The average molecular weight is 250 g/mol. The molecule has 1 rings (SSSR count). The third kappa shape index (κ3) is 3.90. The number of unbranched alkanes of at least 4 members (excludes halogenated alkanes) is 1. The van der Waals surface area contributed by atoms with Crippen LogP contribution in [0.4, 0.5) is 0 Å². The van der Waals surface area contributed by atoms with Gasteiger partial charge in [0.05, 0.1) is 0 Å². The van der Waals surface area contributed by atoms with Crippen LogP contribution in [0.15, 0.2) is 9.98 Å². The molecular formula is C14H22N2O2. The zero-order chi connectivity index (χ0) is 13.3. The maximum Gasteiger partial charge on any atom is 0.237 e. The number of rotatable bonds is 5. The van der Waals surface area contributed by atoms with Crippen molar-refractivity contribution >= 4 is 12.2 Å². The summed E-state index contributed by atoms with van der Waals surface area (Å²) in [5, 5.41) is 0. The molecule has 0 aliphatic heterocycles. The summed E-state index contributed by atoms with van der Waals surface area (Å²) in [6.07, 6.45) is 12.5. The van der Waals surface area contributed by atoms with E-state index in [1.807, 2.05) is 0 Å². The van der Waals surface area contributed by atoms with Gasteiger partial charge in [-0.2, -0.15) is 9.98 Å². The van der Waals surface area contributed by atoms with Gasteiger partial charge in [0, 0.05) is 5.92 Å². The highest BCUT2D eigenvalue weighted by atomic mass is 16.1. The lowest BCUT2D eigenvalue weighted by Gasteiger charge is -2.33. The third-order valence-electron chi connectivity index (χ3n) is 3.89. The minimum Gasteiger partial charge on any atom is -0.211 e. The molecule has 100 valence electrons. The minimum atomic E-state index is -0.876. The Balaban J connectivity index is 2.98. The molecular weight excluding hydrogens is 228 g/mol. The molecule has 4 nitrogen and oxygen atoms in total. The molecule has 4 heteroatoms. The quantitative estimate of drug-likeness (QED) is 0.553. The van der Waals surface area contributed by atoms with Crippen LogP contribution in [0, 0.1) is 5.92 Å². The van der Waals surface area contributed by atoms with Crippen LogP contribution in [0.25, 0.3) is 0 Å². The molecule has 1 aliphatic rings. The molecule has 0 saturated heterocycles. The first-order chi connectivity index (χ1) is 8.79. The molecule has 1 fully saturated rings. The Morgan fingerprint density at radius 2 is 1.78 bits per heavy atom. The van der Waals surface area contributed by atoms with Crippen molar-refractivity contribution < 1.29 is 9.59 Å². The van der Waals surface area contributed by atoms with Gasteiger partial charge in [-0.1, -0.05) is 39.0 Å². The van der Waals surface area contributed by atoms with Gasteiger partial charge in [0.15, 0.2) is 5.66 Å². The SMILES string of the molecule is CCCCC1CCCCCCC1(N=C=O)N=C=O. The molecule has 18 heavy (non-hydrogen) atoms. The second kappa shape index (κ2) is 7.97. The van der Waals surface area contributed by atoms with Gasteiger partial charge in [0.2, 0.25) is 12.2 Å². The topological polar surface area (TPSA) is 58.9 Å². The lowest BCUT2D eigenvalue weighted by molar-refractivity contribution is 0.207. The van der Waals surface area contributed by atoms with E-state index in [1.165, 1.54) is 6.42 Å². The molecule has 0 aromatic carbocycles. The van der Waals surface area contributed by atoms with Gasteiger partial charge in [-0.25, -0.2) is 9.59 Å². The van der Waals surface area contributed by atoms with Gasteiger partial charge >= 0.3 is 0 Å². The third-order valence-corrected chi connectivity index (χ3v) is 3.89. The van der Waals surface area contributed by atoms with Crippen molar-refractivity contribution in [3.05, 3.63) is 0 Å². The first-order valence-corrected chi connectivity index (χ1v) is 6.97. The first kappa shape index (κ1) is 14.8. The normalized spacial score (nSPS) is 28.4. The van der Waals surface area contributed by atoms with Crippen LogP contribution < -0.4 is 0 Å². The average Bonchev–Trinajstić information content (AvgIpc) is 2.34. The summed E-state index contributed by atoms with van der Waals surface area (Å²) >= 11 is 0. The van der Waals surface area contributed by atoms with Gasteiger partial charge in [-0.05, 0) is 25.7 Å². The maximum absolute atomic E-state index is 10.7. The van der Waals surface area contributed by atoms with Crippen LogP contribution in [0.1, 0.15) is 64.7 Å². The van der Waals surface area contributed by atoms with Gasteiger partial charge in [-0.15, -0.1) is 0 Å². The summed E-state index contributed by atoms with van der Waals surface area (Å²) in [7, 11) is 0. The molecule has 1 unspecified atom stereocenters. The Hall–Kier alpha value is -1.24. The zero-order valence-corrected chi connectivity index (χ0v) is 11.2. The van der Waals surface area contributed by atoms with Gasteiger partial charge in [0.1, 0.15) is 0 Å².